The normalized spacial score (nSPS) is 13.8. The Balaban J connectivity index is 2.76. The molecule has 1 rings (SSSR count). The van der Waals surface area contributed by atoms with Crippen molar-refractivity contribution in [1.82, 2.24) is 5.32 Å². The third kappa shape index (κ3) is 3.95. The second-order valence-corrected chi connectivity index (χ2v) is 4.69. The lowest BCUT2D eigenvalue weighted by atomic mass is 10.0. The van der Waals surface area contributed by atoms with Crippen LogP contribution >= 0.6 is 0 Å². The Hall–Kier alpha value is -0.860. The minimum Gasteiger partial charge on any atom is -0.366 e. The third-order valence-electron chi connectivity index (χ3n) is 2.87. The summed E-state index contributed by atoms with van der Waals surface area (Å²) in [5.41, 5.74) is 1.16. The van der Waals surface area contributed by atoms with E-state index >= 15 is 0 Å². The van der Waals surface area contributed by atoms with Gasteiger partial charge < -0.3 is 10.1 Å². The highest BCUT2D eigenvalue weighted by molar-refractivity contribution is 5.18. The molecule has 0 aromatic heterocycles. The quantitative estimate of drug-likeness (QED) is 0.796. The van der Waals surface area contributed by atoms with E-state index in [0.717, 1.165) is 13.0 Å². The number of ether oxygens (including phenoxy) is 1. The second-order valence-electron chi connectivity index (χ2n) is 4.69. The molecule has 1 N–H and O–H groups in total. The minimum atomic E-state index is -0.0721. The van der Waals surface area contributed by atoms with Crippen LogP contribution in [0.3, 0.4) is 0 Å². The predicted molar refractivity (Wildman–Crippen MR) is 68.6 cm³/mol. The second kappa shape index (κ2) is 6.02. The first kappa shape index (κ1) is 13.2. The van der Waals surface area contributed by atoms with E-state index in [1.165, 1.54) is 5.56 Å². The molecule has 0 radical (unpaired) electrons. The van der Waals surface area contributed by atoms with Crippen molar-refractivity contribution in [2.24, 2.45) is 0 Å². The van der Waals surface area contributed by atoms with E-state index < -0.39 is 0 Å². The van der Waals surface area contributed by atoms with Crippen LogP contribution < -0.4 is 5.32 Å². The van der Waals surface area contributed by atoms with Gasteiger partial charge >= 0.3 is 0 Å². The molecule has 0 aliphatic rings. The number of likely N-dealkylation sites (N-methyl/N-ethyl adjacent to an activating group) is 1. The molecule has 0 saturated heterocycles. The summed E-state index contributed by atoms with van der Waals surface area (Å²) in [7, 11) is 1.96. The van der Waals surface area contributed by atoms with Gasteiger partial charge in [-0.3, -0.25) is 0 Å². The highest BCUT2D eigenvalue weighted by Crippen LogP contribution is 2.25. The van der Waals surface area contributed by atoms with Crippen molar-refractivity contribution in [3.63, 3.8) is 0 Å². The van der Waals surface area contributed by atoms with Crippen LogP contribution in [0, 0.1) is 0 Å². The van der Waals surface area contributed by atoms with Gasteiger partial charge in [-0.1, -0.05) is 37.3 Å². The molecule has 1 aromatic rings. The van der Waals surface area contributed by atoms with Gasteiger partial charge in [0.1, 0.15) is 0 Å². The molecule has 1 aromatic carbocycles. The van der Waals surface area contributed by atoms with E-state index in [9.17, 15) is 0 Å². The third-order valence-corrected chi connectivity index (χ3v) is 2.87. The number of hydrogen-bond acceptors (Lipinski definition) is 2. The lowest BCUT2D eigenvalue weighted by Crippen LogP contribution is -2.30. The fraction of sp³-hybridized carbons (Fsp3) is 0.571. The smallest absolute Gasteiger partial charge is 0.0956 e. The number of hydrogen-bond donors (Lipinski definition) is 1. The summed E-state index contributed by atoms with van der Waals surface area (Å²) in [6.07, 6.45) is 1.14. The van der Waals surface area contributed by atoms with E-state index in [1.54, 1.807) is 0 Å². The van der Waals surface area contributed by atoms with E-state index in [1.807, 2.05) is 13.1 Å². The fourth-order valence-corrected chi connectivity index (χ4v) is 1.55. The van der Waals surface area contributed by atoms with Crippen LogP contribution in [0.1, 0.15) is 38.9 Å². The summed E-state index contributed by atoms with van der Waals surface area (Å²) in [6, 6.07) is 10.4. The Morgan fingerprint density at radius 2 is 1.88 bits per heavy atom. The summed E-state index contributed by atoms with van der Waals surface area (Å²) < 4.78 is 6.15. The molecular formula is C14H23NO. The van der Waals surface area contributed by atoms with Crippen LogP contribution in [-0.2, 0) is 4.74 Å². The van der Waals surface area contributed by atoms with Crippen molar-refractivity contribution in [2.45, 2.75) is 38.9 Å². The molecule has 0 aliphatic carbocycles. The van der Waals surface area contributed by atoms with Gasteiger partial charge in [0, 0.05) is 6.54 Å². The molecule has 16 heavy (non-hydrogen) atoms. The van der Waals surface area contributed by atoms with Crippen LogP contribution in [0.2, 0.25) is 0 Å². The number of rotatable bonds is 6. The van der Waals surface area contributed by atoms with Gasteiger partial charge in [-0.25, -0.2) is 0 Å². The monoisotopic (exact) mass is 221 g/mol. The molecule has 2 nitrogen and oxygen atoms in total. The maximum Gasteiger partial charge on any atom is 0.0956 e. The average Bonchev–Trinajstić information content (AvgIpc) is 2.29. The molecule has 1 atom stereocenters. The highest BCUT2D eigenvalue weighted by atomic mass is 16.5. The van der Waals surface area contributed by atoms with E-state index in [-0.39, 0.29) is 11.7 Å². The van der Waals surface area contributed by atoms with Crippen LogP contribution in [0.25, 0.3) is 0 Å². The largest absolute Gasteiger partial charge is 0.366 e. The van der Waals surface area contributed by atoms with Crippen LogP contribution in [0.4, 0.5) is 0 Å². The molecular weight excluding hydrogens is 198 g/mol. The SMILES string of the molecule is CCC(C)(C)OC(CNC)c1ccccc1. The van der Waals surface area contributed by atoms with Crippen molar-refractivity contribution in [3.05, 3.63) is 35.9 Å². The van der Waals surface area contributed by atoms with Crippen molar-refractivity contribution >= 4 is 0 Å². The Morgan fingerprint density at radius 1 is 1.25 bits per heavy atom. The van der Waals surface area contributed by atoms with Gasteiger partial charge in [-0.05, 0) is 32.9 Å². The lowest BCUT2D eigenvalue weighted by molar-refractivity contribution is -0.0738. The Bertz CT molecular complexity index is 295. The van der Waals surface area contributed by atoms with Gasteiger partial charge in [0.05, 0.1) is 11.7 Å². The summed E-state index contributed by atoms with van der Waals surface area (Å²) in [5.74, 6) is 0. The molecule has 0 amide bonds. The van der Waals surface area contributed by atoms with Gasteiger partial charge in [0.2, 0.25) is 0 Å². The van der Waals surface area contributed by atoms with E-state index in [4.69, 9.17) is 4.74 Å². The minimum absolute atomic E-state index is 0.0721. The zero-order valence-electron chi connectivity index (χ0n) is 10.8. The zero-order chi connectivity index (χ0) is 12.0. The summed E-state index contributed by atoms with van der Waals surface area (Å²) in [5, 5.41) is 3.19. The summed E-state index contributed by atoms with van der Waals surface area (Å²) >= 11 is 0. The molecule has 0 heterocycles. The standard InChI is InChI=1S/C14H23NO/c1-5-14(2,3)16-13(11-15-4)12-9-7-6-8-10-12/h6-10,13,15H,5,11H2,1-4H3. The maximum absolute atomic E-state index is 6.15. The molecule has 2 heteroatoms. The topological polar surface area (TPSA) is 21.3 Å². The van der Waals surface area contributed by atoms with Crippen molar-refractivity contribution in [3.8, 4) is 0 Å². The lowest BCUT2D eigenvalue weighted by Gasteiger charge is -2.30. The maximum atomic E-state index is 6.15. The van der Waals surface area contributed by atoms with Crippen molar-refractivity contribution in [1.29, 1.82) is 0 Å². The molecule has 90 valence electrons. The first-order chi connectivity index (χ1) is 7.59. The summed E-state index contributed by atoms with van der Waals surface area (Å²) in [6.45, 7) is 7.27. The van der Waals surface area contributed by atoms with E-state index in [2.05, 4.69) is 50.4 Å². The number of nitrogens with one attached hydrogen (secondary N) is 1. The Labute approximate surface area is 99.0 Å². The molecule has 0 spiro atoms. The molecule has 0 aliphatic heterocycles. The highest BCUT2D eigenvalue weighted by Gasteiger charge is 2.22. The molecule has 0 bridgehead atoms. The Morgan fingerprint density at radius 3 is 2.38 bits per heavy atom. The number of benzene rings is 1. The van der Waals surface area contributed by atoms with Gasteiger partial charge in [-0.15, -0.1) is 0 Å². The first-order valence-electron chi connectivity index (χ1n) is 5.96. The average molecular weight is 221 g/mol. The first-order valence-corrected chi connectivity index (χ1v) is 5.96. The van der Waals surface area contributed by atoms with Gasteiger partial charge in [0.15, 0.2) is 0 Å². The van der Waals surface area contributed by atoms with Crippen LogP contribution in [0.15, 0.2) is 30.3 Å². The van der Waals surface area contributed by atoms with E-state index in [0.29, 0.717) is 0 Å². The Kier molecular flexibility index (Phi) is 4.97. The van der Waals surface area contributed by atoms with Crippen molar-refractivity contribution in [2.75, 3.05) is 13.6 Å². The van der Waals surface area contributed by atoms with Gasteiger partial charge in [-0.2, -0.15) is 0 Å². The molecule has 1 unspecified atom stereocenters. The fourth-order valence-electron chi connectivity index (χ4n) is 1.55. The van der Waals surface area contributed by atoms with Crippen molar-refractivity contribution < 1.29 is 4.74 Å². The summed E-state index contributed by atoms with van der Waals surface area (Å²) in [4.78, 5) is 0. The van der Waals surface area contributed by atoms with Crippen LogP contribution in [-0.4, -0.2) is 19.2 Å². The predicted octanol–water partition coefficient (Wildman–Crippen LogP) is 3.15. The molecule has 0 saturated carbocycles. The molecule has 0 fully saturated rings. The van der Waals surface area contributed by atoms with Crippen LogP contribution in [0.5, 0.6) is 0 Å². The zero-order valence-corrected chi connectivity index (χ0v) is 10.8. The van der Waals surface area contributed by atoms with Gasteiger partial charge in [0.25, 0.3) is 0 Å².